The van der Waals surface area contributed by atoms with Crippen molar-refractivity contribution < 1.29 is 9.59 Å². The van der Waals surface area contributed by atoms with E-state index in [2.05, 4.69) is 15.5 Å². The minimum absolute atomic E-state index is 0.0956. The van der Waals surface area contributed by atoms with Crippen LogP contribution in [0.1, 0.15) is 35.2 Å². The van der Waals surface area contributed by atoms with Crippen LogP contribution >= 0.6 is 0 Å². The van der Waals surface area contributed by atoms with Gasteiger partial charge < -0.3 is 15.5 Å². The first kappa shape index (κ1) is 18.0. The molecule has 5 nitrogen and oxygen atoms in total. The molecular formula is C21H25N3O2. The van der Waals surface area contributed by atoms with Crippen molar-refractivity contribution in [2.75, 3.05) is 29.9 Å². The van der Waals surface area contributed by atoms with Gasteiger partial charge >= 0.3 is 0 Å². The van der Waals surface area contributed by atoms with Crippen LogP contribution in [0.3, 0.4) is 0 Å². The molecule has 0 aromatic heterocycles. The first-order valence-corrected chi connectivity index (χ1v) is 9.13. The Bertz CT molecular complexity index is 782. The van der Waals surface area contributed by atoms with Crippen molar-refractivity contribution in [1.29, 1.82) is 0 Å². The number of amides is 2. The van der Waals surface area contributed by atoms with Crippen molar-refractivity contribution in [1.82, 2.24) is 5.32 Å². The smallest absolute Gasteiger partial charge is 0.251 e. The summed E-state index contributed by atoms with van der Waals surface area (Å²) in [5, 5.41) is 5.80. The molecule has 0 aliphatic carbocycles. The second-order valence-electron chi connectivity index (χ2n) is 6.58. The standard InChI is InChI=1S/C21H25N3O2/c1-16-8-2-3-9-17(16)21(26)22-13-12-20(25)23-18-10-4-5-11-19(18)24-14-6-7-15-24/h2-5,8-11H,6-7,12-15H2,1H3,(H,22,26)(H,23,25). The zero-order valence-corrected chi connectivity index (χ0v) is 15.1. The molecular weight excluding hydrogens is 326 g/mol. The topological polar surface area (TPSA) is 61.4 Å². The van der Waals surface area contributed by atoms with Crippen molar-refractivity contribution in [2.45, 2.75) is 26.2 Å². The van der Waals surface area contributed by atoms with Gasteiger partial charge in [-0.1, -0.05) is 30.3 Å². The van der Waals surface area contributed by atoms with Gasteiger partial charge in [0.05, 0.1) is 11.4 Å². The second kappa shape index (κ2) is 8.52. The lowest BCUT2D eigenvalue weighted by Crippen LogP contribution is -2.28. The van der Waals surface area contributed by atoms with Gasteiger partial charge in [0.2, 0.25) is 5.91 Å². The van der Waals surface area contributed by atoms with Gasteiger partial charge in [0.15, 0.2) is 0 Å². The van der Waals surface area contributed by atoms with E-state index >= 15 is 0 Å². The maximum absolute atomic E-state index is 12.3. The van der Waals surface area contributed by atoms with E-state index in [9.17, 15) is 9.59 Å². The molecule has 5 heteroatoms. The van der Waals surface area contributed by atoms with Crippen LogP contribution in [0.5, 0.6) is 0 Å². The van der Waals surface area contributed by atoms with E-state index in [1.165, 1.54) is 12.8 Å². The molecule has 0 atom stereocenters. The minimum Gasteiger partial charge on any atom is -0.370 e. The summed E-state index contributed by atoms with van der Waals surface area (Å²) in [5.74, 6) is -0.241. The molecule has 2 amide bonds. The lowest BCUT2D eigenvalue weighted by Gasteiger charge is -2.21. The molecule has 1 heterocycles. The number of nitrogens with one attached hydrogen (secondary N) is 2. The van der Waals surface area contributed by atoms with E-state index in [0.717, 1.165) is 30.0 Å². The summed E-state index contributed by atoms with van der Waals surface area (Å²) in [5.41, 5.74) is 3.48. The van der Waals surface area contributed by atoms with Crippen molar-refractivity contribution in [2.24, 2.45) is 0 Å². The number of carbonyl (C=O) groups excluding carboxylic acids is 2. The van der Waals surface area contributed by atoms with E-state index in [1.807, 2.05) is 49.4 Å². The molecule has 136 valence electrons. The number of hydrogen-bond acceptors (Lipinski definition) is 3. The fraction of sp³-hybridized carbons (Fsp3) is 0.333. The number of benzene rings is 2. The predicted octanol–water partition coefficient (Wildman–Crippen LogP) is 3.35. The molecule has 3 rings (SSSR count). The summed E-state index contributed by atoms with van der Waals surface area (Å²) in [6, 6.07) is 15.3. The average molecular weight is 351 g/mol. The molecule has 0 bridgehead atoms. The molecule has 1 aliphatic rings. The van der Waals surface area contributed by atoms with E-state index in [-0.39, 0.29) is 18.2 Å². The third kappa shape index (κ3) is 4.42. The predicted molar refractivity (Wildman–Crippen MR) is 105 cm³/mol. The van der Waals surface area contributed by atoms with Gasteiger partial charge in [0.1, 0.15) is 0 Å². The first-order chi connectivity index (χ1) is 12.6. The van der Waals surface area contributed by atoms with Crippen molar-refractivity contribution in [3.8, 4) is 0 Å². The van der Waals surface area contributed by atoms with Crippen molar-refractivity contribution in [3.05, 3.63) is 59.7 Å². The van der Waals surface area contributed by atoms with E-state index < -0.39 is 0 Å². The first-order valence-electron chi connectivity index (χ1n) is 9.13. The van der Waals surface area contributed by atoms with Gasteiger partial charge in [-0.25, -0.2) is 0 Å². The Balaban J connectivity index is 1.52. The van der Waals surface area contributed by atoms with Gasteiger partial charge in [0.25, 0.3) is 5.91 Å². The molecule has 1 saturated heterocycles. The van der Waals surface area contributed by atoms with Crippen LogP contribution in [0, 0.1) is 6.92 Å². The van der Waals surface area contributed by atoms with Crippen LogP contribution in [0.4, 0.5) is 11.4 Å². The number of anilines is 2. The van der Waals surface area contributed by atoms with Crippen LogP contribution in [-0.4, -0.2) is 31.4 Å². The largest absolute Gasteiger partial charge is 0.370 e. The van der Waals surface area contributed by atoms with E-state index in [4.69, 9.17) is 0 Å². The number of rotatable bonds is 6. The highest BCUT2D eigenvalue weighted by Crippen LogP contribution is 2.28. The average Bonchev–Trinajstić information content (AvgIpc) is 3.17. The Kier molecular flexibility index (Phi) is 5.89. The van der Waals surface area contributed by atoms with Gasteiger partial charge in [0, 0.05) is 31.6 Å². The number of carbonyl (C=O) groups is 2. The SMILES string of the molecule is Cc1ccccc1C(=O)NCCC(=O)Nc1ccccc1N1CCCC1. The van der Waals surface area contributed by atoms with Crippen LogP contribution in [0.2, 0.25) is 0 Å². The summed E-state index contributed by atoms with van der Waals surface area (Å²) in [6.45, 7) is 4.26. The number of hydrogen-bond donors (Lipinski definition) is 2. The summed E-state index contributed by atoms with van der Waals surface area (Å²) >= 11 is 0. The van der Waals surface area contributed by atoms with Crippen LogP contribution in [-0.2, 0) is 4.79 Å². The highest BCUT2D eigenvalue weighted by molar-refractivity contribution is 5.97. The molecule has 1 aliphatic heterocycles. The minimum atomic E-state index is -0.145. The van der Waals surface area contributed by atoms with Crippen molar-refractivity contribution in [3.63, 3.8) is 0 Å². The molecule has 2 aromatic rings. The van der Waals surface area contributed by atoms with Gasteiger partial charge in [-0.05, 0) is 43.5 Å². The van der Waals surface area contributed by atoms with Crippen molar-refractivity contribution >= 4 is 23.2 Å². The third-order valence-corrected chi connectivity index (χ3v) is 4.65. The molecule has 0 unspecified atom stereocenters. The zero-order valence-electron chi connectivity index (χ0n) is 15.1. The normalized spacial score (nSPS) is 13.5. The number of nitrogens with zero attached hydrogens (tertiary/aromatic N) is 1. The lowest BCUT2D eigenvalue weighted by molar-refractivity contribution is -0.116. The summed E-state index contributed by atoms with van der Waals surface area (Å²) in [6.07, 6.45) is 2.62. The second-order valence-corrected chi connectivity index (χ2v) is 6.58. The van der Waals surface area contributed by atoms with Crippen LogP contribution in [0.25, 0.3) is 0 Å². The van der Waals surface area contributed by atoms with E-state index in [0.29, 0.717) is 12.1 Å². The Morgan fingerprint density at radius 3 is 2.46 bits per heavy atom. The van der Waals surface area contributed by atoms with Crippen LogP contribution < -0.4 is 15.5 Å². The molecule has 0 saturated carbocycles. The van der Waals surface area contributed by atoms with Gasteiger partial charge in [-0.2, -0.15) is 0 Å². The number of aryl methyl sites for hydroxylation is 1. The number of para-hydroxylation sites is 2. The Labute approximate surface area is 154 Å². The van der Waals surface area contributed by atoms with Gasteiger partial charge in [-0.15, -0.1) is 0 Å². The Morgan fingerprint density at radius 1 is 1.00 bits per heavy atom. The maximum Gasteiger partial charge on any atom is 0.251 e. The quantitative estimate of drug-likeness (QED) is 0.839. The molecule has 2 N–H and O–H groups in total. The summed E-state index contributed by atoms with van der Waals surface area (Å²) in [4.78, 5) is 26.8. The van der Waals surface area contributed by atoms with Crippen LogP contribution in [0.15, 0.2) is 48.5 Å². The van der Waals surface area contributed by atoms with E-state index in [1.54, 1.807) is 6.07 Å². The fourth-order valence-corrected chi connectivity index (χ4v) is 3.24. The fourth-order valence-electron chi connectivity index (χ4n) is 3.24. The Hall–Kier alpha value is -2.82. The lowest BCUT2D eigenvalue weighted by atomic mass is 10.1. The summed E-state index contributed by atoms with van der Waals surface area (Å²) < 4.78 is 0. The monoisotopic (exact) mass is 351 g/mol. The molecule has 2 aromatic carbocycles. The maximum atomic E-state index is 12.3. The highest BCUT2D eigenvalue weighted by atomic mass is 16.2. The molecule has 0 radical (unpaired) electrons. The molecule has 0 spiro atoms. The highest BCUT2D eigenvalue weighted by Gasteiger charge is 2.16. The Morgan fingerprint density at radius 2 is 1.69 bits per heavy atom. The zero-order chi connectivity index (χ0) is 18.4. The van der Waals surface area contributed by atoms with Gasteiger partial charge in [-0.3, -0.25) is 9.59 Å². The molecule has 26 heavy (non-hydrogen) atoms. The molecule has 1 fully saturated rings. The third-order valence-electron chi connectivity index (χ3n) is 4.65. The summed E-state index contributed by atoms with van der Waals surface area (Å²) in [7, 11) is 0.